The average molecular weight is 356 g/mol. The van der Waals surface area contributed by atoms with Crippen molar-refractivity contribution in [2.45, 2.75) is 24.7 Å². The fourth-order valence-electron chi connectivity index (χ4n) is 2.66. The number of rotatable bonds is 4. The third-order valence-electron chi connectivity index (χ3n) is 3.78. The maximum absolute atomic E-state index is 13.4. The lowest BCUT2D eigenvalue weighted by Gasteiger charge is -2.33. The highest BCUT2D eigenvalue weighted by Crippen LogP contribution is 2.44. The highest BCUT2D eigenvalue weighted by molar-refractivity contribution is 7.10. The van der Waals surface area contributed by atoms with E-state index in [1.807, 2.05) is 5.38 Å². The SMILES string of the molecule is C=CCNC(=O)c1cnn2c1N[C@H](c1cccs1)C[C@H]2C(F)(F)F. The molecule has 0 radical (unpaired) electrons. The van der Waals surface area contributed by atoms with Crippen molar-refractivity contribution < 1.29 is 18.0 Å². The van der Waals surface area contributed by atoms with Crippen LogP contribution in [0, 0.1) is 0 Å². The minimum absolute atomic E-state index is 0.0866. The van der Waals surface area contributed by atoms with Crippen LogP contribution in [0.25, 0.3) is 0 Å². The summed E-state index contributed by atoms with van der Waals surface area (Å²) in [5, 5.41) is 11.2. The molecule has 2 atom stereocenters. The molecule has 2 aromatic rings. The summed E-state index contributed by atoms with van der Waals surface area (Å²) in [6, 6.07) is 1.27. The summed E-state index contributed by atoms with van der Waals surface area (Å²) >= 11 is 1.37. The molecule has 0 saturated carbocycles. The van der Waals surface area contributed by atoms with E-state index in [4.69, 9.17) is 0 Å². The molecule has 0 spiro atoms. The molecular formula is C15H15F3N4OS. The van der Waals surface area contributed by atoms with Gasteiger partial charge in [-0.2, -0.15) is 18.3 Å². The largest absolute Gasteiger partial charge is 0.410 e. The molecule has 0 saturated heterocycles. The zero-order valence-corrected chi connectivity index (χ0v) is 13.3. The van der Waals surface area contributed by atoms with Crippen LogP contribution >= 0.6 is 11.3 Å². The van der Waals surface area contributed by atoms with Gasteiger partial charge in [-0.05, 0) is 11.4 Å². The second kappa shape index (κ2) is 6.31. The molecule has 0 unspecified atom stereocenters. The first-order chi connectivity index (χ1) is 11.4. The van der Waals surface area contributed by atoms with E-state index in [1.165, 1.54) is 17.4 Å². The molecule has 0 aromatic carbocycles. The second-order valence-corrected chi connectivity index (χ2v) is 6.33. The van der Waals surface area contributed by atoms with Gasteiger partial charge < -0.3 is 10.6 Å². The number of alkyl halides is 3. The number of thiophene rings is 1. The standard InChI is InChI=1S/C15H15F3N4OS/c1-2-5-19-14(23)9-8-20-22-12(15(16,17)18)7-10(21-13(9)22)11-4-3-6-24-11/h2-4,6,8,10,12,21H,1,5,7H2,(H,19,23)/t10-,12-/m0/s1. The molecule has 1 aliphatic rings. The third kappa shape index (κ3) is 3.03. The summed E-state index contributed by atoms with van der Waals surface area (Å²) in [7, 11) is 0. The van der Waals surface area contributed by atoms with Crippen LogP contribution in [0.5, 0.6) is 0 Å². The lowest BCUT2D eigenvalue weighted by molar-refractivity contribution is -0.173. The molecule has 3 heterocycles. The van der Waals surface area contributed by atoms with Gasteiger partial charge in [0.2, 0.25) is 0 Å². The summed E-state index contributed by atoms with van der Waals surface area (Å²) < 4.78 is 41.2. The van der Waals surface area contributed by atoms with Gasteiger partial charge in [0, 0.05) is 17.8 Å². The number of halogens is 3. The van der Waals surface area contributed by atoms with Crippen LogP contribution in [0.2, 0.25) is 0 Å². The van der Waals surface area contributed by atoms with Gasteiger partial charge >= 0.3 is 6.18 Å². The summed E-state index contributed by atoms with van der Waals surface area (Å²) in [6.07, 6.45) is -1.97. The van der Waals surface area contributed by atoms with Crippen LogP contribution in [0.1, 0.15) is 33.7 Å². The van der Waals surface area contributed by atoms with Crippen LogP contribution < -0.4 is 10.6 Å². The van der Waals surface area contributed by atoms with Gasteiger partial charge in [0.05, 0.1) is 12.2 Å². The second-order valence-electron chi connectivity index (χ2n) is 5.36. The average Bonchev–Trinajstić information content (AvgIpc) is 3.19. The molecular weight excluding hydrogens is 341 g/mol. The van der Waals surface area contributed by atoms with Crippen molar-refractivity contribution in [3.8, 4) is 0 Å². The number of hydrogen-bond donors (Lipinski definition) is 2. The highest BCUT2D eigenvalue weighted by Gasteiger charge is 2.47. The number of aromatic nitrogens is 2. The Morgan fingerprint density at radius 2 is 2.38 bits per heavy atom. The Labute approximate surface area is 140 Å². The van der Waals surface area contributed by atoms with Crippen molar-refractivity contribution in [2.75, 3.05) is 11.9 Å². The Balaban J connectivity index is 1.99. The van der Waals surface area contributed by atoms with Crippen LogP contribution in [0.3, 0.4) is 0 Å². The summed E-state index contributed by atoms with van der Waals surface area (Å²) in [4.78, 5) is 12.9. The minimum atomic E-state index is -4.45. The van der Waals surface area contributed by atoms with Gasteiger partial charge in [0.25, 0.3) is 5.91 Å². The summed E-state index contributed by atoms with van der Waals surface area (Å²) in [5.41, 5.74) is 0.0901. The highest BCUT2D eigenvalue weighted by atomic mass is 32.1. The summed E-state index contributed by atoms with van der Waals surface area (Å²) in [6.45, 7) is 3.72. The first-order valence-corrected chi connectivity index (χ1v) is 8.13. The van der Waals surface area contributed by atoms with Crippen molar-refractivity contribution in [1.29, 1.82) is 0 Å². The molecule has 0 aliphatic carbocycles. The molecule has 2 aromatic heterocycles. The number of nitrogens with one attached hydrogen (secondary N) is 2. The number of carbonyl (C=O) groups is 1. The van der Waals surface area contributed by atoms with Gasteiger partial charge in [-0.15, -0.1) is 17.9 Å². The molecule has 24 heavy (non-hydrogen) atoms. The first kappa shape index (κ1) is 16.6. The fraction of sp³-hybridized carbons (Fsp3) is 0.333. The van der Waals surface area contributed by atoms with Crippen molar-refractivity contribution in [1.82, 2.24) is 15.1 Å². The first-order valence-electron chi connectivity index (χ1n) is 7.25. The van der Waals surface area contributed by atoms with Gasteiger partial charge in [0.15, 0.2) is 6.04 Å². The van der Waals surface area contributed by atoms with Gasteiger partial charge in [-0.3, -0.25) is 4.79 Å². The number of fused-ring (bicyclic) bond motifs is 1. The number of hydrogen-bond acceptors (Lipinski definition) is 4. The molecule has 5 nitrogen and oxygen atoms in total. The number of nitrogens with zero attached hydrogens (tertiary/aromatic N) is 2. The Hall–Kier alpha value is -2.29. The smallest absolute Gasteiger partial charge is 0.362 e. The quantitative estimate of drug-likeness (QED) is 0.824. The molecule has 0 fully saturated rings. The fourth-order valence-corrected chi connectivity index (χ4v) is 3.46. The van der Waals surface area contributed by atoms with Crippen molar-refractivity contribution in [2.24, 2.45) is 0 Å². The zero-order chi connectivity index (χ0) is 17.3. The van der Waals surface area contributed by atoms with Crippen molar-refractivity contribution in [3.05, 3.63) is 46.8 Å². The Kier molecular flexibility index (Phi) is 4.35. The van der Waals surface area contributed by atoms with Gasteiger partial charge in [-0.1, -0.05) is 12.1 Å². The maximum Gasteiger partial charge on any atom is 0.410 e. The normalized spacial score (nSPS) is 20.1. The van der Waals surface area contributed by atoms with Crippen molar-refractivity contribution >= 4 is 23.1 Å². The molecule has 1 amide bonds. The van der Waals surface area contributed by atoms with E-state index < -0.39 is 24.2 Å². The number of carbonyl (C=O) groups excluding carboxylic acids is 1. The molecule has 0 bridgehead atoms. The maximum atomic E-state index is 13.4. The Morgan fingerprint density at radius 3 is 3.00 bits per heavy atom. The number of anilines is 1. The number of amides is 1. The third-order valence-corrected chi connectivity index (χ3v) is 4.76. The molecule has 3 rings (SSSR count). The van der Waals surface area contributed by atoms with E-state index in [9.17, 15) is 18.0 Å². The molecule has 128 valence electrons. The van der Waals surface area contributed by atoms with Crippen LogP contribution in [0.4, 0.5) is 19.0 Å². The van der Waals surface area contributed by atoms with E-state index in [2.05, 4.69) is 22.3 Å². The molecule has 1 aliphatic heterocycles. The predicted octanol–water partition coefficient (Wildman–Crippen LogP) is 3.52. The Morgan fingerprint density at radius 1 is 1.58 bits per heavy atom. The van der Waals surface area contributed by atoms with Crippen molar-refractivity contribution in [3.63, 3.8) is 0 Å². The predicted molar refractivity (Wildman–Crippen MR) is 85.1 cm³/mol. The van der Waals surface area contributed by atoms with E-state index in [1.54, 1.807) is 12.1 Å². The monoisotopic (exact) mass is 356 g/mol. The van der Waals surface area contributed by atoms with E-state index in [0.29, 0.717) is 0 Å². The molecule has 9 heteroatoms. The minimum Gasteiger partial charge on any atom is -0.362 e. The van der Waals surface area contributed by atoms with Gasteiger partial charge in [0.1, 0.15) is 11.4 Å². The van der Waals surface area contributed by atoms with Gasteiger partial charge in [-0.25, -0.2) is 4.68 Å². The van der Waals surface area contributed by atoms with E-state index in [-0.39, 0.29) is 24.3 Å². The van der Waals surface area contributed by atoms with Crippen LogP contribution in [-0.4, -0.2) is 28.4 Å². The van der Waals surface area contributed by atoms with Crippen LogP contribution in [0.15, 0.2) is 36.4 Å². The van der Waals surface area contributed by atoms with E-state index in [0.717, 1.165) is 15.8 Å². The lowest BCUT2D eigenvalue weighted by atomic mass is 10.0. The topological polar surface area (TPSA) is 59.0 Å². The molecule has 2 N–H and O–H groups in total. The lowest BCUT2D eigenvalue weighted by Crippen LogP contribution is -2.36. The van der Waals surface area contributed by atoms with Crippen LogP contribution in [-0.2, 0) is 0 Å². The van der Waals surface area contributed by atoms with E-state index >= 15 is 0 Å². The zero-order valence-electron chi connectivity index (χ0n) is 12.5. The summed E-state index contributed by atoms with van der Waals surface area (Å²) in [5.74, 6) is -0.403. The Bertz CT molecular complexity index is 738.